The van der Waals surface area contributed by atoms with Gasteiger partial charge in [-0.15, -0.1) is 22.7 Å². The van der Waals surface area contributed by atoms with Crippen LogP contribution in [0.1, 0.15) is 0 Å². The number of hydrogen-bond acceptors (Lipinski definition) is 2. The molecule has 0 unspecified atom stereocenters. The molecule has 2 heterocycles. The molecule has 12 rings (SSSR count). The predicted molar refractivity (Wildman–Crippen MR) is 239 cm³/mol. The Bertz CT molecular complexity index is 3430. The number of rotatable bonds is 3. The molecule has 0 bridgehead atoms. The summed E-state index contributed by atoms with van der Waals surface area (Å²) in [4.78, 5) is 0. The standard InChI is InChI=1S/C52H30S2/c1-2-11-32(12-3-1)50-39-14-6-8-16-41(39)51(42-17-9-7-15-40(42)50)37-21-20-33-26-34(18-19-35(33)27-37)36-23-24-46-43(28-36)44-29-49-45(30-48(44)53-46)52-38-13-5-4-10-31(38)22-25-47(52)54-49/h1-30H. The molecule has 0 atom stereocenters. The maximum atomic E-state index is 2.44. The first-order valence-corrected chi connectivity index (χ1v) is 20.1. The molecule has 10 aromatic carbocycles. The zero-order valence-electron chi connectivity index (χ0n) is 29.1. The zero-order valence-corrected chi connectivity index (χ0v) is 30.8. The van der Waals surface area contributed by atoms with Gasteiger partial charge in [0.25, 0.3) is 0 Å². The van der Waals surface area contributed by atoms with E-state index in [9.17, 15) is 0 Å². The highest BCUT2D eigenvalue weighted by Gasteiger charge is 2.17. The van der Waals surface area contributed by atoms with Gasteiger partial charge < -0.3 is 0 Å². The maximum absolute atomic E-state index is 2.44. The van der Waals surface area contributed by atoms with Crippen LogP contribution in [-0.4, -0.2) is 0 Å². The molecule has 0 aliphatic carbocycles. The minimum Gasteiger partial charge on any atom is -0.135 e. The first-order valence-electron chi connectivity index (χ1n) is 18.5. The SMILES string of the molecule is c1ccc(-c2c3ccccc3c(-c3ccc4cc(-c5ccc6sc7cc8c(cc7c6c5)sc5ccc6ccccc6c58)ccc4c3)c3ccccc23)cc1. The molecule has 0 amide bonds. The highest BCUT2D eigenvalue weighted by Crippen LogP contribution is 2.46. The van der Waals surface area contributed by atoms with E-state index in [4.69, 9.17) is 0 Å². The molecule has 250 valence electrons. The van der Waals surface area contributed by atoms with Crippen molar-refractivity contribution in [1.82, 2.24) is 0 Å². The van der Waals surface area contributed by atoms with Crippen molar-refractivity contribution in [2.45, 2.75) is 0 Å². The molecule has 0 saturated carbocycles. The van der Waals surface area contributed by atoms with Crippen LogP contribution in [0.2, 0.25) is 0 Å². The molecule has 2 heteroatoms. The molecule has 0 saturated heterocycles. The van der Waals surface area contributed by atoms with Gasteiger partial charge in [0.15, 0.2) is 0 Å². The Hall–Kier alpha value is -6.32. The summed E-state index contributed by atoms with van der Waals surface area (Å²) in [7, 11) is 0. The Labute approximate surface area is 319 Å². The number of fused-ring (bicyclic) bond motifs is 11. The van der Waals surface area contributed by atoms with Gasteiger partial charge in [0.2, 0.25) is 0 Å². The van der Waals surface area contributed by atoms with E-state index in [-0.39, 0.29) is 0 Å². The summed E-state index contributed by atoms with van der Waals surface area (Å²) in [5.74, 6) is 0. The van der Waals surface area contributed by atoms with E-state index in [1.807, 2.05) is 22.7 Å². The number of benzene rings is 10. The minimum atomic E-state index is 1.24. The van der Waals surface area contributed by atoms with E-state index in [2.05, 4.69) is 182 Å². The van der Waals surface area contributed by atoms with Crippen LogP contribution in [0.25, 0.3) is 117 Å². The van der Waals surface area contributed by atoms with Crippen molar-refractivity contribution < 1.29 is 0 Å². The molecular formula is C52H30S2. The molecule has 0 N–H and O–H groups in total. The molecular weight excluding hydrogens is 689 g/mol. The van der Waals surface area contributed by atoms with Gasteiger partial charge in [-0.25, -0.2) is 0 Å². The quantitative estimate of drug-likeness (QED) is 0.160. The lowest BCUT2D eigenvalue weighted by atomic mass is 9.85. The monoisotopic (exact) mass is 718 g/mol. The third-order valence-corrected chi connectivity index (χ3v) is 13.7. The molecule has 12 aromatic rings. The average Bonchev–Trinajstić information content (AvgIpc) is 3.78. The third-order valence-electron chi connectivity index (χ3n) is 11.4. The second kappa shape index (κ2) is 11.6. The van der Waals surface area contributed by atoms with Crippen molar-refractivity contribution in [2.24, 2.45) is 0 Å². The summed E-state index contributed by atoms with van der Waals surface area (Å²) >= 11 is 3.82. The summed E-state index contributed by atoms with van der Waals surface area (Å²) in [5, 5.41) is 15.7. The second-order valence-electron chi connectivity index (χ2n) is 14.4. The molecule has 0 radical (unpaired) electrons. The van der Waals surface area contributed by atoms with Gasteiger partial charge in [-0.3, -0.25) is 0 Å². The molecule has 0 spiro atoms. The van der Waals surface area contributed by atoms with E-state index in [0.29, 0.717) is 0 Å². The maximum Gasteiger partial charge on any atom is 0.0362 e. The first-order chi connectivity index (χ1) is 26.7. The van der Waals surface area contributed by atoms with Gasteiger partial charge in [0, 0.05) is 40.3 Å². The predicted octanol–water partition coefficient (Wildman–Crippen LogP) is 16.0. The fourth-order valence-electron chi connectivity index (χ4n) is 8.93. The van der Waals surface area contributed by atoms with Gasteiger partial charge in [-0.2, -0.15) is 0 Å². The van der Waals surface area contributed by atoms with Gasteiger partial charge in [0.05, 0.1) is 0 Å². The van der Waals surface area contributed by atoms with E-state index in [1.54, 1.807) is 0 Å². The van der Waals surface area contributed by atoms with Gasteiger partial charge >= 0.3 is 0 Å². The highest BCUT2D eigenvalue weighted by molar-refractivity contribution is 7.27. The lowest BCUT2D eigenvalue weighted by Crippen LogP contribution is -1.90. The summed E-state index contributed by atoms with van der Waals surface area (Å²) < 4.78 is 5.40. The largest absolute Gasteiger partial charge is 0.135 e. The Morgan fingerprint density at radius 3 is 1.46 bits per heavy atom. The van der Waals surface area contributed by atoms with Crippen LogP contribution in [0.5, 0.6) is 0 Å². The minimum absolute atomic E-state index is 1.24. The second-order valence-corrected chi connectivity index (χ2v) is 16.6. The van der Waals surface area contributed by atoms with E-state index in [1.165, 1.54) is 117 Å². The van der Waals surface area contributed by atoms with Crippen LogP contribution in [0, 0.1) is 0 Å². The third kappa shape index (κ3) is 4.48. The Balaban J connectivity index is 0.979. The zero-order chi connectivity index (χ0) is 35.3. The van der Waals surface area contributed by atoms with Crippen LogP contribution >= 0.6 is 22.7 Å². The van der Waals surface area contributed by atoms with Crippen LogP contribution < -0.4 is 0 Å². The normalized spacial score (nSPS) is 12.1. The summed E-state index contributed by atoms with van der Waals surface area (Å²) in [6.07, 6.45) is 0. The molecule has 0 aliphatic heterocycles. The van der Waals surface area contributed by atoms with Crippen molar-refractivity contribution >= 4 is 106 Å². The summed E-state index contributed by atoms with van der Waals surface area (Å²) in [6, 6.07) is 67.8. The van der Waals surface area contributed by atoms with Crippen LogP contribution in [0.15, 0.2) is 182 Å². The summed E-state index contributed by atoms with van der Waals surface area (Å²) in [6.45, 7) is 0. The van der Waals surface area contributed by atoms with Crippen molar-refractivity contribution in [3.8, 4) is 33.4 Å². The fourth-order valence-corrected chi connectivity index (χ4v) is 11.2. The van der Waals surface area contributed by atoms with E-state index >= 15 is 0 Å². The number of thiophene rings is 2. The van der Waals surface area contributed by atoms with Crippen molar-refractivity contribution in [3.63, 3.8) is 0 Å². The average molecular weight is 719 g/mol. The van der Waals surface area contributed by atoms with Crippen LogP contribution in [0.3, 0.4) is 0 Å². The molecule has 0 nitrogen and oxygen atoms in total. The van der Waals surface area contributed by atoms with Gasteiger partial charge in [-0.05, 0) is 119 Å². The fraction of sp³-hybridized carbons (Fsp3) is 0. The van der Waals surface area contributed by atoms with Gasteiger partial charge in [-0.1, -0.05) is 140 Å². The van der Waals surface area contributed by atoms with E-state index < -0.39 is 0 Å². The molecule has 2 aromatic heterocycles. The van der Waals surface area contributed by atoms with Gasteiger partial charge in [0.1, 0.15) is 0 Å². The van der Waals surface area contributed by atoms with Crippen molar-refractivity contribution in [2.75, 3.05) is 0 Å². The molecule has 54 heavy (non-hydrogen) atoms. The molecule has 0 fully saturated rings. The van der Waals surface area contributed by atoms with Crippen molar-refractivity contribution in [1.29, 1.82) is 0 Å². The van der Waals surface area contributed by atoms with E-state index in [0.717, 1.165) is 0 Å². The number of hydrogen-bond donors (Lipinski definition) is 0. The van der Waals surface area contributed by atoms with Crippen LogP contribution in [-0.2, 0) is 0 Å². The lowest BCUT2D eigenvalue weighted by molar-refractivity contribution is 1.66. The molecule has 0 aliphatic rings. The van der Waals surface area contributed by atoms with Crippen LogP contribution in [0.4, 0.5) is 0 Å². The Morgan fingerprint density at radius 1 is 0.241 bits per heavy atom. The summed E-state index contributed by atoms with van der Waals surface area (Å²) in [5.41, 5.74) is 7.58. The smallest absolute Gasteiger partial charge is 0.0362 e. The Kier molecular flexibility index (Phi) is 6.48. The lowest BCUT2D eigenvalue weighted by Gasteiger charge is -2.18. The Morgan fingerprint density at radius 2 is 0.722 bits per heavy atom. The first kappa shape index (κ1) is 30.2. The highest BCUT2D eigenvalue weighted by atomic mass is 32.1. The van der Waals surface area contributed by atoms with Crippen molar-refractivity contribution in [3.05, 3.63) is 182 Å². The topological polar surface area (TPSA) is 0 Å².